The summed E-state index contributed by atoms with van der Waals surface area (Å²) in [5.74, 6) is 1.44. The first-order chi connectivity index (χ1) is 15.5. The lowest BCUT2D eigenvalue weighted by atomic mass is 9.98. The van der Waals surface area contributed by atoms with E-state index in [-0.39, 0.29) is 5.56 Å². The Hall–Kier alpha value is -2.76. The summed E-state index contributed by atoms with van der Waals surface area (Å²) in [7, 11) is 1.60. The van der Waals surface area contributed by atoms with Gasteiger partial charge in [-0.2, -0.15) is 8.78 Å². The first-order valence-corrected chi connectivity index (χ1v) is 11.1. The monoisotopic (exact) mass is 456 g/mol. The molecule has 2 N–H and O–H groups in total. The van der Waals surface area contributed by atoms with Gasteiger partial charge < -0.3 is 10.6 Å². The molecule has 0 radical (unpaired) electrons. The highest BCUT2D eigenvalue weighted by atomic mass is 31.0. The number of aromatic nitrogens is 2. The molecular weight excluding hydrogens is 429 g/mol. The summed E-state index contributed by atoms with van der Waals surface area (Å²) in [6.45, 7) is 3.03. The normalized spacial score (nSPS) is 14.2. The molecular formula is C24H27F2N4OP. The van der Waals surface area contributed by atoms with Crippen LogP contribution < -0.4 is 10.6 Å². The molecule has 1 aliphatic heterocycles. The standard InChI is InChI=1S/C18H22F2N3P.C6H5NO/c19-18(20,24)16-4-2-1-3-15(16)14-5-6-17(23-12-14)22-11-13-7-9-21-10-8-13;8-5-6-2-1-3-7-4-6/h1-6,12-13,21H,7-11,24H2,(H,22,23);1-5H. The summed E-state index contributed by atoms with van der Waals surface area (Å²) in [6.07, 6.45) is 7.91. The first kappa shape index (κ1) is 23.9. The second kappa shape index (κ2) is 11.7. The largest absolute Gasteiger partial charge is 0.370 e. The van der Waals surface area contributed by atoms with Crippen LogP contribution >= 0.6 is 9.24 Å². The Labute approximate surface area is 189 Å². The molecule has 0 saturated carbocycles. The van der Waals surface area contributed by atoms with E-state index in [0.717, 1.165) is 31.7 Å². The van der Waals surface area contributed by atoms with Gasteiger partial charge in [-0.15, -0.1) is 0 Å². The van der Waals surface area contributed by atoms with Gasteiger partial charge in [0.05, 0.1) is 0 Å². The Bertz CT molecular complexity index is 975. The van der Waals surface area contributed by atoms with E-state index in [9.17, 15) is 13.6 Å². The fourth-order valence-corrected chi connectivity index (χ4v) is 3.72. The van der Waals surface area contributed by atoms with E-state index in [0.29, 0.717) is 22.6 Å². The van der Waals surface area contributed by atoms with Crippen molar-refractivity contribution in [1.29, 1.82) is 0 Å². The highest BCUT2D eigenvalue weighted by molar-refractivity contribution is 7.17. The van der Waals surface area contributed by atoms with E-state index in [2.05, 4.69) is 20.6 Å². The van der Waals surface area contributed by atoms with Gasteiger partial charge in [0.1, 0.15) is 5.82 Å². The van der Waals surface area contributed by atoms with Crippen LogP contribution in [-0.2, 0) is 5.66 Å². The Morgan fingerprint density at radius 2 is 1.88 bits per heavy atom. The van der Waals surface area contributed by atoms with Crippen LogP contribution in [0.2, 0.25) is 0 Å². The van der Waals surface area contributed by atoms with Crippen molar-refractivity contribution in [2.45, 2.75) is 18.5 Å². The van der Waals surface area contributed by atoms with E-state index in [1.165, 1.54) is 25.1 Å². The number of halogens is 2. The lowest BCUT2D eigenvalue weighted by molar-refractivity contribution is 0.104. The average Bonchev–Trinajstić information content (AvgIpc) is 2.84. The summed E-state index contributed by atoms with van der Waals surface area (Å²) in [5, 5.41) is 6.70. The SMILES string of the molecule is FC(F)(P)c1ccccc1-c1ccc(NCC2CCNCC2)nc1.O=Cc1cccnc1. The minimum atomic E-state index is -2.96. The zero-order chi connectivity index (χ0) is 22.8. The van der Waals surface area contributed by atoms with Crippen molar-refractivity contribution < 1.29 is 13.6 Å². The quantitative estimate of drug-likeness (QED) is 0.405. The lowest BCUT2D eigenvalue weighted by Crippen LogP contribution is -2.31. The number of nitrogens with one attached hydrogen (secondary N) is 2. The van der Waals surface area contributed by atoms with Crippen molar-refractivity contribution in [3.05, 3.63) is 78.2 Å². The number of hydrogen-bond donors (Lipinski definition) is 2. The minimum absolute atomic E-state index is 0.00721. The number of aldehydes is 1. The maximum absolute atomic E-state index is 13.7. The van der Waals surface area contributed by atoms with Crippen molar-refractivity contribution in [2.24, 2.45) is 5.92 Å². The summed E-state index contributed by atoms with van der Waals surface area (Å²) in [5.41, 5.74) is -1.14. The fourth-order valence-electron chi connectivity index (χ4n) is 3.46. The molecule has 1 unspecified atom stereocenters. The van der Waals surface area contributed by atoms with E-state index in [1.54, 1.807) is 52.0 Å². The van der Waals surface area contributed by atoms with Gasteiger partial charge in [-0.3, -0.25) is 9.78 Å². The van der Waals surface area contributed by atoms with E-state index < -0.39 is 5.66 Å². The second-order valence-electron chi connectivity index (χ2n) is 7.58. The Morgan fingerprint density at radius 1 is 1.09 bits per heavy atom. The molecule has 1 saturated heterocycles. The van der Waals surface area contributed by atoms with Crippen LogP contribution in [0, 0.1) is 5.92 Å². The highest BCUT2D eigenvalue weighted by Crippen LogP contribution is 2.40. The van der Waals surface area contributed by atoms with E-state index >= 15 is 0 Å². The van der Waals surface area contributed by atoms with Gasteiger partial charge in [0.25, 0.3) is 5.66 Å². The number of alkyl halides is 2. The molecule has 5 nitrogen and oxygen atoms in total. The van der Waals surface area contributed by atoms with Crippen molar-refractivity contribution in [3.8, 4) is 11.1 Å². The van der Waals surface area contributed by atoms with Crippen molar-refractivity contribution in [3.63, 3.8) is 0 Å². The fraction of sp³-hybridized carbons (Fsp3) is 0.292. The molecule has 2 aromatic heterocycles. The third-order valence-electron chi connectivity index (χ3n) is 5.21. The van der Waals surface area contributed by atoms with Gasteiger partial charge in [-0.25, -0.2) is 4.98 Å². The molecule has 0 bridgehead atoms. The predicted octanol–water partition coefficient (Wildman–Crippen LogP) is 4.98. The Balaban J connectivity index is 0.000000305. The van der Waals surface area contributed by atoms with Crippen molar-refractivity contribution in [1.82, 2.24) is 15.3 Å². The molecule has 0 spiro atoms. The molecule has 3 heterocycles. The number of pyridine rings is 2. The molecule has 1 aliphatic rings. The van der Waals surface area contributed by atoms with Crippen molar-refractivity contribution in [2.75, 3.05) is 25.0 Å². The zero-order valence-corrected chi connectivity index (χ0v) is 18.8. The maximum Gasteiger partial charge on any atom is 0.284 e. The van der Waals surface area contributed by atoms with Gasteiger partial charge in [0, 0.05) is 41.8 Å². The van der Waals surface area contributed by atoms with Crippen LogP contribution in [0.25, 0.3) is 11.1 Å². The molecule has 1 aromatic carbocycles. The van der Waals surface area contributed by atoms with Gasteiger partial charge in [0.15, 0.2) is 6.29 Å². The molecule has 8 heteroatoms. The first-order valence-electron chi connectivity index (χ1n) is 10.5. The van der Waals surface area contributed by atoms with Gasteiger partial charge in [-0.1, -0.05) is 33.5 Å². The van der Waals surface area contributed by atoms with Gasteiger partial charge in [-0.05, 0) is 61.7 Å². The third kappa shape index (κ3) is 7.14. The van der Waals surface area contributed by atoms with Crippen LogP contribution in [0.5, 0.6) is 0 Å². The zero-order valence-electron chi connectivity index (χ0n) is 17.7. The van der Waals surface area contributed by atoms with Crippen molar-refractivity contribution >= 4 is 21.3 Å². The smallest absolute Gasteiger partial charge is 0.284 e. The maximum atomic E-state index is 13.7. The predicted molar refractivity (Wildman–Crippen MR) is 127 cm³/mol. The second-order valence-corrected chi connectivity index (χ2v) is 8.30. The van der Waals surface area contributed by atoms with Gasteiger partial charge in [0.2, 0.25) is 0 Å². The van der Waals surface area contributed by atoms with Crippen LogP contribution in [0.1, 0.15) is 28.8 Å². The summed E-state index contributed by atoms with van der Waals surface area (Å²) < 4.78 is 27.5. The highest BCUT2D eigenvalue weighted by Gasteiger charge is 2.27. The molecule has 1 fully saturated rings. The third-order valence-corrected chi connectivity index (χ3v) is 5.52. The molecule has 4 rings (SSSR count). The van der Waals surface area contributed by atoms with Crippen LogP contribution in [0.15, 0.2) is 67.1 Å². The minimum Gasteiger partial charge on any atom is -0.370 e. The van der Waals surface area contributed by atoms with Crippen LogP contribution in [0.3, 0.4) is 0 Å². The number of hydrogen-bond acceptors (Lipinski definition) is 5. The van der Waals surface area contributed by atoms with E-state index in [1.807, 2.05) is 12.1 Å². The Kier molecular flexibility index (Phi) is 8.77. The summed E-state index contributed by atoms with van der Waals surface area (Å²) in [4.78, 5) is 18.1. The summed E-state index contributed by atoms with van der Waals surface area (Å²) >= 11 is 0. The molecule has 0 aliphatic carbocycles. The molecule has 168 valence electrons. The van der Waals surface area contributed by atoms with Crippen LogP contribution in [-0.4, -0.2) is 35.9 Å². The molecule has 32 heavy (non-hydrogen) atoms. The number of carbonyl (C=O) groups is 1. The van der Waals surface area contributed by atoms with E-state index in [4.69, 9.17) is 0 Å². The number of rotatable bonds is 6. The van der Waals surface area contributed by atoms with Gasteiger partial charge >= 0.3 is 0 Å². The number of anilines is 1. The summed E-state index contributed by atoms with van der Waals surface area (Å²) in [6, 6.07) is 13.7. The topological polar surface area (TPSA) is 66.9 Å². The lowest BCUT2D eigenvalue weighted by Gasteiger charge is -2.23. The van der Waals surface area contributed by atoms with Crippen LogP contribution in [0.4, 0.5) is 14.6 Å². The number of benzene rings is 1. The molecule has 0 amide bonds. The average molecular weight is 456 g/mol. The number of nitrogens with zero attached hydrogens (tertiary/aromatic N) is 2. The number of piperidine rings is 1. The molecule has 1 atom stereocenters. The molecule has 3 aromatic rings. The Morgan fingerprint density at radius 3 is 2.47 bits per heavy atom. The number of carbonyl (C=O) groups excluding carboxylic acids is 1.